The van der Waals surface area contributed by atoms with E-state index >= 15 is 0 Å². The van der Waals surface area contributed by atoms with Gasteiger partial charge in [-0.05, 0) is 30.4 Å². The van der Waals surface area contributed by atoms with Gasteiger partial charge in [0.15, 0.2) is 0 Å². The lowest BCUT2D eigenvalue weighted by Gasteiger charge is -2.45. The maximum atomic E-state index is 14.2. The second-order valence-electron chi connectivity index (χ2n) is 6.95. The standard InChI is InChI=1S/C21H20F3N/c22-16-11-19(23)21(20(24)12-16)15-9-17-7-4-8-18(10-15)25(17)13-14-5-2-1-3-6-14/h1-3,5-6,9,11-12,17-18H,4,7-8,10,13H2. The van der Waals surface area contributed by atoms with Crippen molar-refractivity contribution in [2.24, 2.45) is 0 Å². The highest BCUT2D eigenvalue weighted by Gasteiger charge is 2.35. The summed E-state index contributed by atoms with van der Waals surface area (Å²) in [6.07, 6.45) is 5.71. The molecule has 4 rings (SSSR count). The molecule has 1 fully saturated rings. The maximum absolute atomic E-state index is 14.2. The van der Waals surface area contributed by atoms with Crippen LogP contribution < -0.4 is 0 Å². The first-order valence-corrected chi connectivity index (χ1v) is 8.77. The first-order chi connectivity index (χ1) is 12.1. The van der Waals surface area contributed by atoms with Gasteiger partial charge in [-0.3, -0.25) is 4.90 Å². The van der Waals surface area contributed by atoms with Gasteiger partial charge >= 0.3 is 0 Å². The third-order valence-electron chi connectivity index (χ3n) is 5.32. The van der Waals surface area contributed by atoms with Crippen molar-refractivity contribution < 1.29 is 13.2 Å². The largest absolute Gasteiger partial charge is 0.289 e. The molecule has 2 unspecified atom stereocenters. The van der Waals surface area contributed by atoms with Crippen LogP contribution in [0.2, 0.25) is 0 Å². The molecule has 0 radical (unpaired) electrons. The lowest BCUT2D eigenvalue weighted by atomic mass is 9.82. The van der Waals surface area contributed by atoms with Gasteiger partial charge in [0.05, 0.1) is 0 Å². The van der Waals surface area contributed by atoms with E-state index < -0.39 is 17.5 Å². The van der Waals surface area contributed by atoms with Crippen molar-refractivity contribution in [3.8, 4) is 0 Å². The molecule has 0 aliphatic carbocycles. The molecule has 2 heterocycles. The van der Waals surface area contributed by atoms with E-state index in [0.29, 0.717) is 12.0 Å². The molecule has 2 bridgehead atoms. The van der Waals surface area contributed by atoms with Crippen LogP contribution in [0, 0.1) is 17.5 Å². The molecule has 2 aliphatic heterocycles. The molecular formula is C21H20F3N. The van der Waals surface area contributed by atoms with Crippen LogP contribution in [0.5, 0.6) is 0 Å². The van der Waals surface area contributed by atoms with Crippen LogP contribution >= 0.6 is 0 Å². The SMILES string of the molecule is Fc1cc(F)c(C2=CC3CCCC(C2)N3Cc2ccccc2)c(F)c1. The molecule has 130 valence electrons. The van der Waals surface area contributed by atoms with Crippen LogP contribution in [0.25, 0.3) is 5.57 Å². The number of benzene rings is 2. The Labute approximate surface area is 145 Å². The average Bonchev–Trinajstić information content (AvgIpc) is 2.55. The van der Waals surface area contributed by atoms with E-state index in [1.54, 1.807) is 0 Å². The molecule has 2 atom stereocenters. The average molecular weight is 343 g/mol. The van der Waals surface area contributed by atoms with Crippen LogP contribution in [0.1, 0.15) is 36.8 Å². The van der Waals surface area contributed by atoms with Crippen molar-refractivity contribution >= 4 is 5.57 Å². The van der Waals surface area contributed by atoms with Gasteiger partial charge in [-0.2, -0.15) is 0 Å². The molecule has 25 heavy (non-hydrogen) atoms. The highest BCUT2D eigenvalue weighted by atomic mass is 19.1. The number of nitrogens with zero attached hydrogens (tertiary/aromatic N) is 1. The molecule has 2 aromatic carbocycles. The Morgan fingerprint density at radius 3 is 2.36 bits per heavy atom. The minimum absolute atomic E-state index is 0.0577. The monoisotopic (exact) mass is 343 g/mol. The van der Waals surface area contributed by atoms with Crippen molar-refractivity contribution in [2.45, 2.75) is 44.3 Å². The fourth-order valence-electron chi connectivity index (χ4n) is 4.19. The second kappa shape index (κ2) is 6.68. The Bertz CT molecular complexity index is 777. The van der Waals surface area contributed by atoms with Crippen LogP contribution in [0.4, 0.5) is 13.2 Å². The fraction of sp³-hybridized carbons (Fsp3) is 0.333. The van der Waals surface area contributed by atoms with Gasteiger partial charge in [-0.1, -0.05) is 42.8 Å². The maximum Gasteiger partial charge on any atom is 0.136 e. The number of hydrogen-bond donors (Lipinski definition) is 0. The van der Waals surface area contributed by atoms with Crippen molar-refractivity contribution in [2.75, 3.05) is 0 Å². The second-order valence-corrected chi connectivity index (χ2v) is 6.95. The van der Waals surface area contributed by atoms with Crippen LogP contribution in [0.3, 0.4) is 0 Å². The number of halogens is 3. The fourth-order valence-corrected chi connectivity index (χ4v) is 4.19. The van der Waals surface area contributed by atoms with Crippen molar-refractivity contribution in [1.82, 2.24) is 4.90 Å². The third-order valence-corrected chi connectivity index (χ3v) is 5.32. The number of piperidine rings is 1. The minimum Gasteiger partial charge on any atom is -0.289 e. The Kier molecular flexibility index (Phi) is 4.38. The van der Waals surface area contributed by atoms with Gasteiger partial charge in [0.25, 0.3) is 0 Å². The van der Waals surface area contributed by atoms with Crippen LogP contribution in [-0.4, -0.2) is 17.0 Å². The predicted octanol–water partition coefficient (Wildman–Crippen LogP) is 5.31. The first-order valence-electron chi connectivity index (χ1n) is 8.77. The van der Waals surface area contributed by atoms with E-state index in [1.165, 1.54) is 5.56 Å². The predicted molar refractivity (Wildman–Crippen MR) is 92.3 cm³/mol. The smallest absolute Gasteiger partial charge is 0.136 e. The topological polar surface area (TPSA) is 3.24 Å². The van der Waals surface area contributed by atoms with E-state index in [1.807, 2.05) is 24.3 Å². The zero-order valence-corrected chi connectivity index (χ0v) is 13.9. The molecule has 0 spiro atoms. The Morgan fingerprint density at radius 1 is 0.960 bits per heavy atom. The Hall–Kier alpha value is -2.07. The van der Waals surface area contributed by atoms with Gasteiger partial charge in [0, 0.05) is 36.3 Å². The summed E-state index contributed by atoms with van der Waals surface area (Å²) < 4.78 is 41.6. The van der Waals surface area contributed by atoms with Gasteiger partial charge in [0.1, 0.15) is 17.5 Å². The summed E-state index contributed by atoms with van der Waals surface area (Å²) in [5.74, 6) is -2.49. The van der Waals surface area contributed by atoms with Crippen molar-refractivity contribution in [1.29, 1.82) is 0 Å². The summed E-state index contributed by atoms with van der Waals surface area (Å²) in [7, 11) is 0. The summed E-state index contributed by atoms with van der Waals surface area (Å²) >= 11 is 0. The van der Waals surface area contributed by atoms with Crippen molar-refractivity contribution in [3.63, 3.8) is 0 Å². The van der Waals surface area contributed by atoms with Gasteiger partial charge < -0.3 is 0 Å². The van der Waals surface area contributed by atoms with Gasteiger partial charge in [-0.25, -0.2) is 13.2 Å². The Balaban J connectivity index is 1.66. The number of hydrogen-bond acceptors (Lipinski definition) is 1. The summed E-state index contributed by atoms with van der Waals surface area (Å²) in [5.41, 5.74) is 1.86. The van der Waals surface area contributed by atoms with Gasteiger partial charge in [0.2, 0.25) is 0 Å². The zero-order chi connectivity index (χ0) is 17.4. The normalized spacial score (nSPS) is 23.4. The summed E-state index contributed by atoms with van der Waals surface area (Å²) in [6, 6.07) is 12.2. The molecule has 0 amide bonds. The van der Waals surface area contributed by atoms with E-state index in [-0.39, 0.29) is 17.6 Å². The highest BCUT2D eigenvalue weighted by Crippen LogP contribution is 2.39. The van der Waals surface area contributed by atoms with Crippen LogP contribution in [-0.2, 0) is 6.54 Å². The number of fused-ring (bicyclic) bond motifs is 2. The summed E-state index contributed by atoms with van der Waals surface area (Å²) in [6.45, 7) is 0.842. The molecule has 0 aromatic heterocycles. The lowest BCUT2D eigenvalue weighted by molar-refractivity contribution is 0.0949. The molecule has 0 saturated carbocycles. The summed E-state index contributed by atoms with van der Waals surface area (Å²) in [4.78, 5) is 2.43. The van der Waals surface area contributed by atoms with E-state index in [9.17, 15) is 13.2 Å². The first kappa shape index (κ1) is 16.4. The summed E-state index contributed by atoms with van der Waals surface area (Å²) in [5, 5.41) is 0. The molecule has 2 aliphatic rings. The van der Waals surface area contributed by atoms with Crippen molar-refractivity contribution in [3.05, 3.63) is 77.1 Å². The lowest BCUT2D eigenvalue weighted by Crippen LogP contribution is -2.47. The minimum atomic E-state index is -0.874. The third kappa shape index (κ3) is 3.23. The molecule has 1 nitrogen and oxygen atoms in total. The molecule has 1 saturated heterocycles. The van der Waals surface area contributed by atoms with E-state index in [0.717, 1.165) is 37.9 Å². The molecular weight excluding hydrogens is 323 g/mol. The van der Waals surface area contributed by atoms with Gasteiger partial charge in [-0.15, -0.1) is 0 Å². The zero-order valence-electron chi connectivity index (χ0n) is 13.9. The highest BCUT2D eigenvalue weighted by molar-refractivity contribution is 5.68. The Morgan fingerprint density at radius 2 is 1.68 bits per heavy atom. The quantitative estimate of drug-likeness (QED) is 0.729. The molecule has 2 aromatic rings. The van der Waals surface area contributed by atoms with E-state index in [4.69, 9.17) is 0 Å². The molecule has 0 N–H and O–H groups in total. The van der Waals surface area contributed by atoms with Crippen LogP contribution in [0.15, 0.2) is 48.5 Å². The van der Waals surface area contributed by atoms with E-state index in [2.05, 4.69) is 17.0 Å². The molecule has 4 heteroatoms. The number of rotatable bonds is 3.